The fraction of sp³-hybridized carbons (Fsp3) is 0.538. The van der Waals surface area contributed by atoms with Gasteiger partial charge in [0.05, 0.1) is 18.2 Å². The third kappa shape index (κ3) is 3.59. The van der Waals surface area contributed by atoms with Crippen LogP contribution in [-0.4, -0.2) is 34.2 Å². The molecular formula is C13H20ClNO3. The van der Waals surface area contributed by atoms with E-state index in [1.54, 1.807) is 21.3 Å². The van der Waals surface area contributed by atoms with Gasteiger partial charge in [-0.2, -0.15) is 0 Å². The van der Waals surface area contributed by atoms with Gasteiger partial charge < -0.3 is 19.5 Å². The van der Waals surface area contributed by atoms with E-state index in [0.29, 0.717) is 10.8 Å². The maximum Gasteiger partial charge on any atom is 0.176 e. The summed E-state index contributed by atoms with van der Waals surface area (Å²) < 4.78 is 15.8. The third-order valence-electron chi connectivity index (χ3n) is 2.70. The van der Waals surface area contributed by atoms with Crippen LogP contribution in [0.3, 0.4) is 0 Å². The molecule has 0 radical (unpaired) electrons. The molecule has 1 N–H and O–H groups in total. The van der Waals surface area contributed by atoms with Crippen LogP contribution in [0.25, 0.3) is 0 Å². The Morgan fingerprint density at radius 3 is 2.39 bits per heavy atom. The van der Waals surface area contributed by atoms with Gasteiger partial charge in [-0.05, 0) is 24.2 Å². The van der Waals surface area contributed by atoms with Crippen LogP contribution < -0.4 is 10.1 Å². The van der Waals surface area contributed by atoms with Crippen molar-refractivity contribution in [1.29, 1.82) is 0 Å². The molecule has 0 spiro atoms. The molecule has 1 rings (SSSR count). The summed E-state index contributed by atoms with van der Waals surface area (Å²) in [6.07, 6.45) is -0.365. The second kappa shape index (κ2) is 7.59. The summed E-state index contributed by atoms with van der Waals surface area (Å²) in [6, 6.07) is 5.56. The van der Waals surface area contributed by atoms with Crippen molar-refractivity contribution >= 4 is 11.6 Å². The first-order valence-electron chi connectivity index (χ1n) is 5.80. The zero-order valence-corrected chi connectivity index (χ0v) is 12.0. The number of methoxy groups -OCH3 is 3. The molecule has 4 nitrogen and oxygen atoms in total. The van der Waals surface area contributed by atoms with Gasteiger partial charge >= 0.3 is 0 Å². The van der Waals surface area contributed by atoms with E-state index in [1.165, 1.54) is 0 Å². The first-order valence-corrected chi connectivity index (χ1v) is 6.18. The van der Waals surface area contributed by atoms with Crippen molar-refractivity contribution in [3.05, 3.63) is 28.8 Å². The molecule has 0 bridgehead atoms. The monoisotopic (exact) mass is 273 g/mol. The predicted octanol–water partition coefficient (Wildman–Crippen LogP) is 2.62. The molecule has 1 aromatic rings. The molecule has 1 unspecified atom stereocenters. The Morgan fingerprint density at radius 1 is 1.22 bits per heavy atom. The predicted molar refractivity (Wildman–Crippen MR) is 72.2 cm³/mol. The number of hydrogen-bond acceptors (Lipinski definition) is 4. The molecule has 18 heavy (non-hydrogen) atoms. The lowest BCUT2D eigenvalue weighted by molar-refractivity contribution is -0.123. The zero-order valence-electron chi connectivity index (χ0n) is 11.2. The minimum atomic E-state index is -0.365. The van der Waals surface area contributed by atoms with Gasteiger partial charge in [0, 0.05) is 14.2 Å². The van der Waals surface area contributed by atoms with Gasteiger partial charge in [0.25, 0.3) is 0 Å². The average Bonchev–Trinajstić information content (AvgIpc) is 2.40. The van der Waals surface area contributed by atoms with Crippen molar-refractivity contribution < 1.29 is 14.2 Å². The van der Waals surface area contributed by atoms with E-state index >= 15 is 0 Å². The SMILES string of the molecule is CCNC(c1ccc(Cl)c(OC)c1)C(OC)OC. The lowest BCUT2D eigenvalue weighted by atomic mass is 10.1. The molecule has 0 amide bonds. The molecule has 5 heteroatoms. The molecule has 0 aromatic heterocycles. The van der Waals surface area contributed by atoms with Crippen LogP contribution in [0.1, 0.15) is 18.5 Å². The first kappa shape index (κ1) is 15.2. The van der Waals surface area contributed by atoms with Crippen LogP contribution in [0.4, 0.5) is 0 Å². The highest BCUT2D eigenvalue weighted by molar-refractivity contribution is 6.32. The third-order valence-corrected chi connectivity index (χ3v) is 3.01. The number of ether oxygens (including phenoxy) is 3. The van der Waals surface area contributed by atoms with Crippen LogP contribution in [0, 0.1) is 0 Å². The highest BCUT2D eigenvalue weighted by Gasteiger charge is 2.22. The van der Waals surface area contributed by atoms with Gasteiger partial charge in [0.15, 0.2) is 6.29 Å². The molecule has 0 aliphatic carbocycles. The van der Waals surface area contributed by atoms with Gasteiger partial charge in [-0.25, -0.2) is 0 Å². The Balaban J connectivity index is 3.04. The molecule has 0 aliphatic rings. The van der Waals surface area contributed by atoms with Crippen LogP contribution >= 0.6 is 11.6 Å². The lowest BCUT2D eigenvalue weighted by Crippen LogP contribution is -2.34. The number of nitrogens with one attached hydrogen (secondary N) is 1. The molecule has 1 atom stereocenters. The Kier molecular flexibility index (Phi) is 6.43. The lowest BCUT2D eigenvalue weighted by Gasteiger charge is -2.26. The molecule has 0 saturated carbocycles. The maximum absolute atomic E-state index is 6.02. The molecular weight excluding hydrogens is 254 g/mol. The summed E-state index contributed by atoms with van der Waals surface area (Å²) in [7, 11) is 4.83. The number of halogens is 1. The minimum absolute atomic E-state index is 0.0730. The smallest absolute Gasteiger partial charge is 0.176 e. The molecule has 0 saturated heterocycles. The summed E-state index contributed by atoms with van der Waals surface area (Å²) in [5, 5.41) is 3.91. The van der Waals surface area contributed by atoms with Gasteiger partial charge in [0.2, 0.25) is 0 Å². The van der Waals surface area contributed by atoms with Crippen LogP contribution in [-0.2, 0) is 9.47 Å². The van der Waals surface area contributed by atoms with E-state index in [9.17, 15) is 0 Å². The quantitative estimate of drug-likeness (QED) is 0.776. The zero-order chi connectivity index (χ0) is 13.5. The maximum atomic E-state index is 6.02. The average molecular weight is 274 g/mol. The normalized spacial score (nSPS) is 12.8. The number of rotatable bonds is 7. The Labute approximate surface area is 113 Å². The van der Waals surface area contributed by atoms with Crippen molar-refractivity contribution in [2.45, 2.75) is 19.3 Å². The van der Waals surface area contributed by atoms with Crippen molar-refractivity contribution in [3.8, 4) is 5.75 Å². The van der Waals surface area contributed by atoms with E-state index < -0.39 is 0 Å². The largest absolute Gasteiger partial charge is 0.495 e. The van der Waals surface area contributed by atoms with E-state index in [1.807, 2.05) is 25.1 Å². The molecule has 0 fully saturated rings. The molecule has 1 aromatic carbocycles. The second-order valence-electron chi connectivity index (χ2n) is 3.77. The fourth-order valence-electron chi connectivity index (χ4n) is 1.83. The second-order valence-corrected chi connectivity index (χ2v) is 4.18. The first-order chi connectivity index (χ1) is 8.67. The summed E-state index contributed by atoms with van der Waals surface area (Å²) >= 11 is 6.02. The fourth-order valence-corrected chi connectivity index (χ4v) is 2.02. The van der Waals surface area contributed by atoms with Crippen LogP contribution in [0.2, 0.25) is 5.02 Å². The Bertz CT molecular complexity index is 369. The van der Waals surface area contributed by atoms with E-state index in [0.717, 1.165) is 12.1 Å². The Hall–Kier alpha value is -0.810. The number of hydrogen-bond donors (Lipinski definition) is 1. The summed E-state index contributed by atoms with van der Waals surface area (Å²) in [6.45, 7) is 2.83. The number of benzene rings is 1. The van der Waals surface area contributed by atoms with Crippen molar-refractivity contribution in [2.24, 2.45) is 0 Å². The Morgan fingerprint density at radius 2 is 1.89 bits per heavy atom. The highest BCUT2D eigenvalue weighted by Crippen LogP contribution is 2.29. The van der Waals surface area contributed by atoms with Gasteiger partial charge in [-0.1, -0.05) is 24.6 Å². The van der Waals surface area contributed by atoms with E-state index in [4.69, 9.17) is 25.8 Å². The van der Waals surface area contributed by atoms with Gasteiger partial charge in [-0.3, -0.25) is 0 Å². The molecule has 0 heterocycles. The molecule has 0 aliphatic heterocycles. The summed E-state index contributed by atoms with van der Waals surface area (Å²) in [5.74, 6) is 0.642. The summed E-state index contributed by atoms with van der Waals surface area (Å²) in [4.78, 5) is 0. The van der Waals surface area contributed by atoms with Crippen LogP contribution in [0.5, 0.6) is 5.75 Å². The van der Waals surface area contributed by atoms with Gasteiger partial charge in [-0.15, -0.1) is 0 Å². The number of likely N-dealkylation sites (N-methyl/N-ethyl adjacent to an activating group) is 1. The molecule has 102 valence electrons. The van der Waals surface area contributed by atoms with Crippen molar-refractivity contribution in [2.75, 3.05) is 27.9 Å². The minimum Gasteiger partial charge on any atom is -0.495 e. The van der Waals surface area contributed by atoms with Crippen LogP contribution in [0.15, 0.2) is 18.2 Å². The summed E-state index contributed by atoms with van der Waals surface area (Å²) in [5.41, 5.74) is 1.01. The van der Waals surface area contributed by atoms with Crippen molar-refractivity contribution in [3.63, 3.8) is 0 Å². The van der Waals surface area contributed by atoms with E-state index in [2.05, 4.69) is 5.32 Å². The highest BCUT2D eigenvalue weighted by atomic mass is 35.5. The van der Waals surface area contributed by atoms with E-state index in [-0.39, 0.29) is 12.3 Å². The van der Waals surface area contributed by atoms with Crippen molar-refractivity contribution in [1.82, 2.24) is 5.32 Å². The standard InChI is InChI=1S/C13H20ClNO3/c1-5-15-12(13(17-3)18-4)9-6-7-10(14)11(8-9)16-2/h6-8,12-13,15H,5H2,1-4H3. The van der Waals surface area contributed by atoms with Gasteiger partial charge in [0.1, 0.15) is 5.75 Å². The topological polar surface area (TPSA) is 39.7 Å².